The highest BCUT2D eigenvalue weighted by atomic mass is 16.5. The summed E-state index contributed by atoms with van der Waals surface area (Å²) in [7, 11) is 0. The highest BCUT2D eigenvalue weighted by molar-refractivity contribution is 5.69. The molecule has 0 amide bonds. The smallest absolute Gasteiger partial charge is 0.305 e. The van der Waals surface area contributed by atoms with Crippen LogP contribution in [-0.4, -0.2) is 19.2 Å². The van der Waals surface area contributed by atoms with Crippen molar-refractivity contribution in [3.8, 4) is 5.75 Å². The van der Waals surface area contributed by atoms with Crippen molar-refractivity contribution < 1.29 is 14.3 Å². The Labute approximate surface area is 142 Å². The lowest BCUT2D eigenvalue weighted by molar-refractivity contribution is -0.143. The summed E-state index contributed by atoms with van der Waals surface area (Å²) in [5, 5.41) is 3.35. The molecular weight excluding hydrogens is 304 g/mol. The molecule has 0 saturated carbocycles. The van der Waals surface area contributed by atoms with Crippen molar-refractivity contribution in [1.29, 1.82) is 0 Å². The van der Waals surface area contributed by atoms with Gasteiger partial charge in [-0.25, -0.2) is 0 Å². The second kappa shape index (κ2) is 9.45. The maximum atomic E-state index is 11.3. The van der Waals surface area contributed by atoms with E-state index in [1.54, 1.807) is 13.0 Å². The Kier molecular flexibility index (Phi) is 6.95. The number of nitrogens with two attached hydrogens (primary N) is 1. The third kappa shape index (κ3) is 5.83. The minimum atomic E-state index is -0.198. The molecular formula is C19H24N2O3. The summed E-state index contributed by atoms with van der Waals surface area (Å²) in [5.74, 6) is 0.492. The molecule has 0 saturated heterocycles. The van der Waals surface area contributed by atoms with Crippen LogP contribution in [0, 0.1) is 0 Å². The molecule has 5 heteroatoms. The van der Waals surface area contributed by atoms with Gasteiger partial charge in [0.25, 0.3) is 0 Å². The number of nitrogen functional groups attached to an aromatic ring is 1. The number of anilines is 2. The van der Waals surface area contributed by atoms with Gasteiger partial charge < -0.3 is 20.5 Å². The van der Waals surface area contributed by atoms with E-state index in [0.29, 0.717) is 44.0 Å². The minimum absolute atomic E-state index is 0.198. The Morgan fingerprint density at radius 1 is 1.17 bits per heavy atom. The zero-order valence-corrected chi connectivity index (χ0v) is 14.0. The van der Waals surface area contributed by atoms with Gasteiger partial charge in [0.15, 0.2) is 0 Å². The Balaban J connectivity index is 1.88. The van der Waals surface area contributed by atoms with E-state index < -0.39 is 0 Å². The Morgan fingerprint density at radius 3 is 2.71 bits per heavy atom. The van der Waals surface area contributed by atoms with Gasteiger partial charge in [-0.05, 0) is 31.0 Å². The van der Waals surface area contributed by atoms with Crippen LogP contribution in [0.5, 0.6) is 5.75 Å². The number of rotatable bonds is 9. The molecule has 2 aromatic rings. The van der Waals surface area contributed by atoms with E-state index in [0.717, 1.165) is 5.69 Å². The minimum Gasteiger partial charge on any atom is -0.491 e. The summed E-state index contributed by atoms with van der Waals surface area (Å²) in [4.78, 5) is 11.3. The lowest BCUT2D eigenvalue weighted by Gasteiger charge is -2.14. The first kappa shape index (κ1) is 17.7. The quantitative estimate of drug-likeness (QED) is 0.418. The van der Waals surface area contributed by atoms with Crippen molar-refractivity contribution in [2.75, 3.05) is 24.3 Å². The maximum absolute atomic E-state index is 11.3. The van der Waals surface area contributed by atoms with Gasteiger partial charge in [0.05, 0.1) is 18.9 Å². The van der Waals surface area contributed by atoms with E-state index >= 15 is 0 Å². The molecule has 0 fully saturated rings. The van der Waals surface area contributed by atoms with Gasteiger partial charge in [-0.1, -0.05) is 30.3 Å². The summed E-state index contributed by atoms with van der Waals surface area (Å²) >= 11 is 0. The van der Waals surface area contributed by atoms with Crippen LogP contribution in [0.25, 0.3) is 0 Å². The van der Waals surface area contributed by atoms with Crippen LogP contribution >= 0.6 is 0 Å². The highest BCUT2D eigenvalue weighted by Crippen LogP contribution is 2.27. The van der Waals surface area contributed by atoms with Crippen LogP contribution in [0.2, 0.25) is 0 Å². The molecule has 0 spiro atoms. The van der Waals surface area contributed by atoms with Gasteiger partial charge in [0, 0.05) is 24.7 Å². The lowest BCUT2D eigenvalue weighted by Crippen LogP contribution is -2.08. The number of carbonyl (C=O) groups excluding carboxylic acids is 1. The van der Waals surface area contributed by atoms with Gasteiger partial charge in [-0.2, -0.15) is 0 Å². The molecule has 24 heavy (non-hydrogen) atoms. The molecule has 0 aliphatic carbocycles. The average molecular weight is 328 g/mol. The number of hydrogen-bond acceptors (Lipinski definition) is 5. The standard InChI is InChI=1S/C19H24N2O3/c1-2-23-19(22)9-6-12-24-18-13-16(20)10-11-17(18)21-14-15-7-4-3-5-8-15/h3-5,7-8,10-11,13,21H,2,6,9,12,14,20H2,1H3. The molecule has 3 N–H and O–H groups in total. The van der Waals surface area contributed by atoms with Crippen molar-refractivity contribution in [2.24, 2.45) is 0 Å². The predicted octanol–water partition coefficient (Wildman–Crippen LogP) is 3.60. The van der Waals surface area contributed by atoms with E-state index in [2.05, 4.69) is 17.4 Å². The average Bonchev–Trinajstić information content (AvgIpc) is 2.59. The Bertz CT molecular complexity index is 644. The van der Waals surface area contributed by atoms with Crippen LogP contribution in [0.3, 0.4) is 0 Å². The van der Waals surface area contributed by atoms with Gasteiger partial charge in [0.1, 0.15) is 5.75 Å². The molecule has 0 radical (unpaired) electrons. The van der Waals surface area contributed by atoms with E-state index in [1.165, 1.54) is 5.56 Å². The Hall–Kier alpha value is -2.69. The highest BCUT2D eigenvalue weighted by Gasteiger charge is 2.06. The number of ether oxygens (including phenoxy) is 2. The largest absolute Gasteiger partial charge is 0.491 e. The molecule has 0 aliphatic heterocycles. The summed E-state index contributed by atoms with van der Waals surface area (Å²) < 4.78 is 10.7. The van der Waals surface area contributed by atoms with Gasteiger partial charge in [-0.3, -0.25) is 4.79 Å². The number of carbonyl (C=O) groups is 1. The zero-order valence-electron chi connectivity index (χ0n) is 14.0. The Morgan fingerprint density at radius 2 is 1.96 bits per heavy atom. The molecule has 0 aliphatic rings. The van der Waals surface area contributed by atoms with E-state index in [4.69, 9.17) is 15.2 Å². The third-order valence-electron chi connectivity index (χ3n) is 3.42. The molecule has 0 unspecified atom stereocenters. The molecule has 0 atom stereocenters. The molecule has 5 nitrogen and oxygen atoms in total. The van der Waals surface area contributed by atoms with E-state index in [-0.39, 0.29) is 5.97 Å². The van der Waals surface area contributed by atoms with Crippen molar-refractivity contribution in [2.45, 2.75) is 26.3 Å². The lowest BCUT2D eigenvalue weighted by atomic mass is 10.2. The molecule has 0 bridgehead atoms. The van der Waals surface area contributed by atoms with E-state index in [9.17, 15) is 4.79 Å². The summed E-state index contributed by atoms with van der Waals surface area (Å²) in [5.41, 5.74) is 8.55. The van der Waals surface area contributed by atoms with Crippen LogP contribution in [0.4, 0.5) is 11.4 Å². The molecule has 128 valence electrons. The number of benzene rings is 2. The second-order valence-corrected chi connectivity index (χ2v) is 5.35. The van der Waals surface area contributed by atoms with Crippen molar-refractivity contribution >= 4 is 17.3 Å². The van der Waals surface area contributed by atoms with Crippen molar-refractivity contribution in [1.82, 2.24) is 0 Å². The van der Waals surface area contributed by atoms with Crippen LogP contribution < -0.4 is 15.8 Å². The second-order valence-electron chi connectivity index (χ2n) is 5.35. The summed E-state index contributed by atoms with van der Waals surface area (Å²) in [6.07, 6.45) is 0.953. The van der Waals surface area contributed by atoms with Crippen molar-refractivity contribution in [3.05, 3.63) is 54.1 Å². The normalized spacial score (nSPS) is 10.2. The van der Waals surface area contributed by atoms with Crippen molar-refractivity contribution in [3.63, 3.8) is 0 Å². The first-order chi connectivity index (χ1) is 11.7. The molecule has 2 aromatic carbocycles. The maximum Gasteiger partial charge on any atom is 0.305 e. The fraction of sp³-hybridized carbons (Fsp3) is 0.316. The van der Waals surface area contributed by atoms with Gasteiger partial charge in [0.2, 0.25) is 0 Å². The number of hydrogen-bond donors (Lipinski definition) is 2. The third-order valence-corrected chi connectivity index (χ3v) is 3.42. The molecule has 0 heterocycles. The zero-order chi connectivity index (χ0) is 17.2. The fourth-order valence-corrected chi connectivity index (χ4v) is 2.23. The summed E-state index contributed by atoms with van der Waals surface area (Å²) in [6.45, 7) is 3.33. The topological polar surface area (TPSA) is 73.6 Å². The van der Waals surface area contributed by atoms with Crippen LogP contribution in [0.1, 0.15) is 25.3 Å². The van der Waals surface area contributed by atoms with Crippen LogP contribution in [-0.2, 0) is 16.1 Å². The molecule has 2 rings (SSSR count). The van der Waals surface area contributed by atoms with Gasteiger partial charge in [-0.15, -0.1) is 0 Å². The predicted molar refractivity (Wildman–Crippen MR) is 96.0 cm³/mol. The molecule has 0 aromatic heterocycles. The summed E-state index contributed by atoms with van der Waals surface area (Å²) in [6, 6.07) is 15.6. The SMILES string of the molecule is CCOC(=O)CCCOc1cc(N)ccc1NCc1ccccc1. The number of nitrogens with one attached hydrogen (secondary N) is 1. The fourth-order valence-electron chi connectivity index (χ4n) is 2.23. The van der Waals surface area contributed by atoms with Crippen LogP contribution in [0.15, 0.2) is 48.5 Å². The monoisotopic (exact) mass is 328 g/mol. The van der Waals surface area contributed by atoms with E-state index in [1.807, 2.05) is 30.3 Å². The number of esters is 1. The van der Waals surface area contributed by atoms with Gasteiger partial charge >= 0.3 is 5.97 Å². The first-order valence-electron chi connectivity index (χ1n) is 8.14. The first-order valence-corrected chi connectivity index (χ1v) is 8.14.